The van der Waals surface area contributed by atoms with Gasteiger partial charge in [-0.2, -0.15) is 0 Å². The van der Waals surface area contributed by atoms with E-state index in [2.05, 4.69) is 20.5 Å². The third-order valence-electron chi connectivity index (χ3n) is 4.82. The van der Waals surface area contributed by atoms with Gasteiger partial charge in [-0.05, 0) is 45.2 Å². The number of hydrogen-bond donors (Lipinski definition) is 2. The lowest BCUT2D eigenvalue weighted by Gasteiger charge is -2.27. The van der Waals surface area contributed by atoms with Crippen molar-refractivity contribution < 1.29 is 4.74 Å². The Morgan fingerprint density at radius 1 is 1.24 bits per heavy atom. The zero-order chi connectivity index (χ0) is 13.8. The first-order chi connectivity index (χ1) is 9.85. The first-order valence-electron chi connectivity index (χ1n) is 8.20. The van der Waals surface area contributed by atoms with Gasteiger partial charge >= 0.3 is 0 Å². The van der Waals surface area contributed by atoms with Gasteiger partial charge in [-0.3, -0.25) is 4.99 Å². The summed E-state index contributed by atoms with van der Waals surface area (Å²) in [6, 6.07) is 0.454. The summed E-state index contributed by atoms with van der Waals surface area (Å²) < 4.78 is 5.88. The van der Waals surface area contributed by atoms with E-state index in [0.29, 0.717) is 18.2 Å². The Morgan fingerprint density at radius 2 is 2.05 bits per heavy atom. The number of likely N-dealkylation sites (tertiary alicyclic amines) is 1. The number of nitrogens with one attached hydrogen (secondary N) is 2. The van der Waals surface area contributed by atoms with E-state index in [1.807, 2.05) is 7.05 Å². The third kappa shape index (κ3) is 4.69. The van der Waals surface area contributed by atoms with Crippen LogP contribution in [0.15, 0.2) is 4.99 Å². The Balaban J connectivity index is 0.00000161. The molecular weight excluding hydrogens is 379 g/mol. The summed E-state index contributed by atoms with van der Waals surface area (Å²) >= 11 is 0. The normalized spacial score (nSPS) is 32.8. The molecule has 2 bridgehead atoms. The summed E-state index contributed by atoms with van der Waals surface area (Å²) in [5.41, 5.74) is 0. The first kappa shape index (κ1) is 17.3. The molecule has 3 rings (SSSR count). The van der Waals surface area contributed by atoms with E-state index in [4.69, 9.17) is 4.74 Å². The summed E-state index contributed by atoms with van der Waals surface area (Å²) in [5, 5.41) is 6.97. The van der Waals surface area contributed by atoms with E-state index in [-0.39, 0.29) is 24.0 Å². The van der Waals surface area contributed by atoms with E-state index in [1.165, 1.54) is 45.2 Å². The Bertz CT molecular complexity index is 347. The Kier molecular flexibility index (Phi) is 7.01. The van der Waals surface area contributed by atoms with E-state index in [9.17, 15) is 0 Å². The van der Waals surface area contributed by atoms with Gasteiger partial charge in [-0.1, -0.05) is 6.42 Å². The van der Waals surface area contributed by atoms with Crippen molar-refractivity contribution in [1.29, 1.82) is 0 Å². The molecule has 0 amide bonds. The zero-order valence-electron chi connectivity index (χ0n) is 13.0. The number of rotatable bonds is 4. The van der Waals surface area contributed by atoms with Crippen LogP contribution >= 0.6 is 24.0 Å². The van der Waals surface area contributed by atoms with Gasteiger partial charge in [-0.25, -0.2) is 0 Å². The van der Waals surface area contributed by atoms with Crippen molar-refractivity contribution >= 4 is 29.9 Å². The fraction of sp³-hybridized carbons (Fsp3) is 0.933. The van der Waals surface area contributed by atoms with Gasteiger partial charge in [0.05, 0.1) is 18.2 Å². The van der Waals surface area contributed by atoms with Crippen molar-refractivity contribution in [1.82, 2.24) is 15.5 Å². The molecule has 3 unspecified atom stereocenters. The van der Waals surface area contributed by atoms with Crippen molar-refractivity contribution in [3.63, 3.8) is 0 Å². The molecule has 2 N–H and O–H groups in total. The van der Waals surface area contributed by atoms with Crippen LogP contribution in [-0.4, -0.2) is 62.3 Å². The second-order valence-corrected chi connectivity index (χ2v) is 6.26. The number of guanidine groups is 1. The highest BCUT2D eigenvalue weighted by Gasteiger charge is 2.41. The molecule has 3 heterocycles. The van der Waals surface area contributed by atoms with Crippen molar-refractivity contribution in [3.8, 4) is 0 Å². The summed E-state index contributed by atoms with van der Waals surface area (Å²) in [6.45, 7) is 4.61. The van der Waals surface area contributed by atoms with Crippen molar-refractivity contribution in [2.24, 2.45) is 4.99 Å². The van der Waals surface area contributed by atoms with Gasteiger partial charge in [0.15, 0.2) is 5.96 Å². The van der Waals surface area contributed by atoms with E-state index in [1.54, 1.807) is 0 Å². The van der Waals surface area contributed by atoms with Crippen LogP contribution in [0.2, 0.25) is 0 Å². The number of fused-ring (bicyclic) bond motifs is 2. The van der Waals surface area contributed by atoms with Gasteiger partial charge in [0.2, 0.25) is 0 Å². The van der Waals surface area contributed by atoms with Crippen LogP contribution in [0.25, 0.3) is 0 Å². The van der Waals surface area contributed by atoms with E-state index < -0.39 is 0 Å². The van der Waals surface area contributed by atoms with Crippen molar-refractivity contribution in [2.75, 3.05) is 33.2 Å². The predicted molar refractivity (Wildman–Crippen MR) is 96.5 cm³/mol. The maximum absolute atomic E-state index is 5.88. The molecule has 0 aromatic rings. The Morgan fingerprint density at radius 3 is 2.67 bits per heavy atom. The minimum Gasteiger partial charge on any atom is -0.373 e. The minimum absolute atomic E-state index is 0. The number of piperidine rings is 1. The molecule has 122 valence electrons. The topological polar surface area (TPSA) is 48.9 Å². The molecule has 0 radical (unpaired) electrons. The molecule has 5 nitrogen and oxygen atoms in total. The largest absolute Gasteiger partial charge is 0.373 e. The van der Waals surface area contributed by atoms with Gasteiger partial charge in [0.25, 0.3) is 0 Å². The van der Waals surface area contributed by atoms with Crippen LogP contribution in [0, 0.1) is 0 Å². The molecule has 0 spiro atoms. The highest BCUT2D eigenvalue weighted by Crippen LogP contribution is 2.34. The summed E-state index contributed by atoms with van der Waals surface area (Å²) in [5.74, 6) is 0.933. The molecule has 0 aromatic heterocycles. The quantitative estimate of drug-likeness (QED) is 0.421. The summed E-state index contributed by atoms with van der Waals surface area (Å²) in [4.78, 5) is 6.88. The lowest BCUT2D eigenvalue weighted by atomic mass is 9.96. The smallest absolute Gasteiger partial charge is 0.191 e. The molecule has 21 heavy (non-hydrogen) atoms. The lowest BCUT2D eigenvalue weighted by Crippen LogP contribution is -2.49. The van der Waals surface area contributed by atoms with Crippen LogP contribution in [0.1, 0.15) is 38.5 Å². The van der Waals surface area contributed by atoms with Crippen LogP contribution in [0.5, 0.6) is 0 Å². The van der Waals surface area contributed by atoms with Gasteiger partial charge < -0.3 is 20.3 Å². The lowest BCUT2D eigenvalue weighted by molar-refractivity contribution is 0.0992. The number of aliphatic imine (C=N–C) groups is 1. The standard InChI is InChI=1S/C15H28N4O.HI/c1-16-15(17-7-10-19-8-3-2-4-9-19)18-13-11-12-5-6-14(13)20-12;/h12-14H,2-11H2,1H3,(H2,16,17,18);1H. The summed E-state index contributed by atoms with van der Waals surface area (Å²) in [6.07, 6.45) is 8.58. The zero-order valence-corrected chi connectivity index (χ0v) is 15.3. The molecule has 3 aliphatic heterocycles. The fourth-order valence-corrected chi connectivity index (χ4v) is 3.68. The molecule has 0 saturated carbocycles. The molecular formula is C15H29IN4O. The maximum atomic E-state index is 5.88. The first-order valence-corrected chi connectivity index (χ1v) is 8.20. The van der Waals surface area contributed by atoms with Gasteiger partial charge in [-0.15, -0.1) is 24.0 Å². The maximum Gasteiger partial charge on any atom is 0.191 e. The number of hydrogen-bond acceptors (Lipinski definition) is 3. The van der Waals surface area contributed by atoms with Crippen LogP contribution in [0.4, 0.5) is 0 Å². The monoisotopic (exact) mass is 408 g/mol. The molecule has 3 fully saturated rings. The molecule has 0 aromatic carbocycles. The fourth-order valence-electron chi connectivity index (χ4n) is 3.68. The van der Waals surface area contributed by atoms with Gasteiger partial charge in [0.1, 0.15) is 0 Å². The predicted octanol–water partition coefficient (Wildman–Crippen LogP) is 1.58. The van der Waals surface area contributed by atoms with Crippen molar-refractivity contribution in [2.45, 2.75) is 56.8 Å². The second kappa shape index (κ2) is 8.53. The van der Waals surface area contributed by atoms with Crippen LogP contribution in [-0.2, 0) is 4.74 Å². The molecule has 6 heteroatoms. The highest BCUT2D eigenvalue weighted by molar-refractivity contribution is 14.0. The molecule has 3 saturated heterocycles. The highest BCUT2D eigenvalue weighted by atomic mass is 127. The van der Waals surface area contributed by atoms with Crippen molar-refractivity contribution in [3.05, 3.63) is 0 Å². The number of nitrogens with zero attached hydrogens (tertiary/aromatic N) is 2. The molecule has 3 atom stereocenters. The number of halogens is 1. The second-order valence-electron chi connectivity index (χ2n) is 6.26. The SMILES string of the molecule is CN=C(NCCN1CCCCC1)NC1CC2CCC1O2.I. The third-order valence-corrected chi connectivity index (χ3v) is 4.82. The molecule has 3 aliphatic rings. The Labute approximate surface area is 145 Å². The molecule has 0 aliphatic carbocycles. The Hall–Kier alpha value is -0.0800. The van der Waals surface area contributed by atoms with E-state index >= 15 is 0 Å². The summed E-state index contributed by atoms with van der Waals surface area (Å²) in [7, 11) is 1.85. The minimum atomic E-state index is 0. The number of ether oxygens (including phenoxy) is 1. The van der Waals surface area contributed by atoms with Crippen LogP contribution < -0.4 is 10.6 Å². The average molecular weight is 408 g/mol. The average Bonchev–Trinajstić information content (AvgIpc) is 3.10. The van der Waals surface area contributed by atoms with E-state index in [0.717, 1.165) is 25.5 Å². The van der Waals surface area contributed by atoms with Gasteiger partial charge in [0, 0.05) is 20.1 Å². The van der Waals surface area contributed by atoms with Crippen LogP contribution in [0.3, 0.4) is 0 Å².